The fraction of sp³-hybridized carbons (Fsp3) is 0.778. The highest BCUT2D eigenvalue weighted by Crippen LogP contribution is 2.53. The Balaban J connectivity index is 0.00000225. The van der Waals surface area contributed by atoms with E-state index in [1.54, 1.807) is 11.8 Å². The van der Waals surface area contributed by atoms with Crippen molar-refractivity contribution in [1.82, 2.24) is 20.0 Å². The largest absolute Gasteiger partial charge is 0.378 e. The lowest BCUT2D eigenvalue weighted by Crippen LogP contribution is -2.69. The van der Waals surface area contributed by atoms with Gasteiger partial charge in [0.15, 0.2) is 0 Å². The van der Waals surface area contributed by atoms with E-state index < -0.39 is 0 Å². The Morgan fingerprint density at radius 2 is 2.08 bits per heavy atom. The number of amides is 1. The molecule has 1 aliphatic carbocycles. The van der Waals surface area contributed by atoms with Crippen LogP contribution in [-0.4, -0.2) is 59.5 Å². The minimum atomic E-state index is -0.164. The SMILES string of the molecule is COC1(C)CC(N(C)C(=O)[C@H]2CNC[C@@H]2c2cnn(C)c2)C1(C)C.Cl. The molecule has 1 aliphatic heterocycles. The van der Waals surface area contributed by atoms with Gasteiger partial charge in [0, 0.05) is 57.9 Å². The highest BCUT2D eigenvalue weighted by Gasteiger charge is 2.60. The summed E-state index contributed by atoms with van der Waals surface area (Å²) in [5, 5.41) is 7.64. The molecule has 0 spiro atoms. The summed E-state index contributed by atoms with van der Waals surface area (Å²) >= 11 is 0. The zero-order valence-electron chi connectivity index (χ0n) is 16.1. The number of methoxy groups -OCH3 is 1. The summed E-state index contributed by atoms with van der Waals surface area (Å²) in [6.45, 7) is 8.09. The van der Waals surface area contributed by atoms with Crippen molar-refractivity contribution in [2.24, 2.45) is 18.4 Å². The van der Waals surface area contributed by atoms with Gasteiger partial charge >= 0.3 is 0 Å². The number of aryl methyl sites for hydroxylation is 1. The minimum Gasteiger partial charge on any atom is -0.378 e. The number of halogens is 1. The summed E-state index contributed by atoms with van der Waals surface area (Å²) in [6.07, 6.45) is 4.79. The monoisotopic (exact) mass is 370 g/mol. The molecule has 4 atom stereocenters. The van der Waals surface area contributed by atoms with Crippen LogP contribution in [0.5, 0.6) is 0 Å². The highest BCUT2D eigenvalue weighted by atomic mass is 35.5. The van der Waals surface area contributed by atoms with Gasteiger partial charge in [-0.05, 0) is 18.9 Å². The average Bonchev–Trinajstić information content (AvgIpc) is 3.19. The molecule has 142 valence electrons. The Hall–Kier alpha value is -1.11. The van der Waals surface area contributed by atoms with Gasteiger partial charge in [-0.3, -0.25) is 9.48 Å². The molecule has 0 aromatic carbocycles. The van der Waals surface area contributed by atoms with Crippen LogP contribution in [0.4, 0.5) is 0 Å². The lowest BCUT2D eigenvalue weighted by atomic mass is 9.55. The summed E-state index contributed by atoms with van der Waals surface area (Å²) in [6, 6.07) is 0.213. The topological polar surface area (TPSA) is 59.4 Å². The number of rotatable bonds is 4. The Bertz CT molecular complexity index is 632. The molecule has 3 rings (SSSR count). The number of aromatic nitrogens is 2. The van der Waals surface area contributed by atoms with Crippen LogP contribution in [0.3, 0.4) is 0 Å². The third-order valence-corrected chi connectivity index (χ3v) is 6.73. The molecule has 2 unspecified atom stereocenters. The molecular weight excluding hydrogens is 340 g/mol. The second kappa shape index (κ2) is 6.89. The normalized spacial score (nSPS) is 33.4. The van der Waals surface area contributed by atoms with Crippen molar-refractivity contribution < 1.29 is 9.53 Å². The summed E-state index contributed by atoms with van der Waals surface area (Å²) < 4.78 is 7.51. The molecule has 7 heteroatoms. The van der Waals surface area contributed by atoms with Gasteiger partial charge in [-0.15, -0.1) is 12.4 Å². The van der Waals surface area contributed by atoms with Gasteiger partial charge in [-0.2, -0.15) is 5.10 Å². The Kier molecular flexibility index (Phi) is 5.57. The molecule has 1 saturated carbocycles. The molecule has 1 aromatic rings. The van der Waals surface area contributed by atoms with Crippen LogP contribution in [0.15, 0.2) is 12.4 Å². The Morgan fingerprint density at radius 1 is 1.40 bits per heavy atom. The molecule has 2 aliphatic rings. The second-order valence-corrected chi connectivity index (χ2v) is 8.14. The van der Waals surface area contributed by atoms with Gasteiger partial charge in [0.05, 0.1) is 17.7 Å². The van der Waals surface area contributed by atoms with Crippen LogP contribution < -0.4 is 5.32 Å². The minimum absolute atomic E-state index is 0. The van der Waals surface area contributed by atoms with Crippen molar-refractivity contribution in [1.29, 1.82) is 0 Å². The molecular formula is C18H31ClN4O2. The maximum atomic E-state index is 13.2. The number of hydrogen-bond acceptors (Lipinski definition) is 4. The first-order chi connectivity index (χ1) is 11.2. The molecule has 2 fully saturated rings. The Morgan fingerprint density at radius 3 is 2.60 bits per heavy atom. The van der Waals surface area contributed by atoms with Gasteiger partial charge in [0.1, 0.15) is 0 Å². The molecule has 1 aromatic heterocycles. The zero-order valence-corrected chi connectivity index (χ0v) is 16.9. The quantitative estimate of drug-likeness (QED) is 0.878. The predicted molar refractivity (Wildman–Crippen MR) is 99.9 cm³/mol. The molecule has 1 N–H and O–H groups in total. The van der Waals surface area contributed by atoms with Crippen LogP contribution in [-0.2, 0) is 16.6 Å². The lowest BCUT2D eigenvalue weighted by Gasteiger charge is -2.61. The van der Waals surface area contributed by atoms with E-state index in [2.05, 4.69) is 31.2 Å². The van der Waals surface area contributed by atoms with E-state index >= 15 is 0 Å². The number of carbonyl (C=O) groups excluding carboxylic acids is 1. The molecule has 25 heavy (non-hydrogen) atoms. The second-order valence-electron chi connectivity index (χ2n) is 8.14. The number of hydrogen-bond donors (Lipinski definition) is 1. The highest BCUT2D eigenvalue weighted by molar-refractivity contribution is 5.85. The van der Waals surface area contributed by atoms with Crippen molar-refractivity contribution in [3.63, 3.8) is 0 Å². The van der Waals surface area contributed by atoms with Crippen LogP contribution in [0.1, 0.15) is 38.7 Å². The van der Waals surface area contributed by atoms with E-state index in [-0.39, 0.29) is 47.2 Å². The van der Waals surface area contributed by atoms with E-state index in [4.69, 9.17) is 4.74 Å². The maximum Gasteiger partial charge on any atom is 0.227 e. The Labute approximate surface area is 156 Å². The van der Waals surface area contributed by atoms with Gasteiger partial charge < -0.3 is 15.0 Å². The van der Waals surface area contributed by atoms with E-state index in [0.29, 0.717) is 0 Å². The van der Waals surface area contributed by atoms with Crippen molar-refractivity contribution in [3.8, 4) is 0 Å². The predicted octanol–water partition coefficient (Wildman–Crippen LogP) is 1.81. The first kappa shape index (κ1) is 20.2. The summed E-state index contributed by atoms with van der Waals surface area (Å²) in [5.74, 6) is 0.403. The van der Waals surface area contributed by atoms with E-state index in [0.717, 1.165) is 25.1 Å². The van der Waals surface area contributed by atoms with Gasteiger partial charge in [0.25, 0.3) is 0 Å². The smallest absolute Gasteiger partial charge is 0.227 e. The third kappa shape index (κ3) is 3.09. The molecule has 1 saturated heterocycles. The molecule has 0 radical (unpaired) electrons. The van der Waals surface area contributed by atoms with Crippen LogP contribution in [0.25, 0.3) is 0 Å². The summed E-state index contributed by atoms with van der Waals surface area (Å²) in [4.78, 5) is 15.1. The van der Waals surface area contributed by atoms with Crippen LogP contribution in [0.2, 0.25) is 0 Å². The number of nitrogens with zero attached hydrogens (tertiary/aromatic N) is 3. The number of ether oxygens (including phenoxy) is 1. The van der Waals surface area contributed by atoms with Crippen molar-refractivity contribution in [2.45, 2.75) is 44.8 Å². The zero-order chi connectivity index (χ0) is 17.7. The fourth-order valence-corrected chi connectivity index (χ4v) is 4.41. The van der Waals surface area contributed by atoms with E-state index in [1.807, 2.05) is 31.4 Å². The summed E-state index contributed by atoms with van der Waals surface area (Å²) in [7, 11) is 5.62. The molecule has 1 amide bonds. The lowest BCUT2D eigenvalue weighted by molar-refractivity contribution is -0.208. The molecule has 6 nitrogen and oxygen atoms in total. The van der Waals surface area contributed by atoms with E-state index in [1.165, 1.54) is 0 Å². The first-order valence-corrected chi connectivity index (χ1v) is 8.72. The maximum absolute atomic E-state index is 13.2. The standard InChI is InChI=1S/C18H30N4O2.ClH/c1-17(2)15(7-18(17,3)24-6)22(5)16(23)14-10-19-9-13(14)12-8-20-21(4)11-12;/h8,11,13-15,19H,7,9-10H2,1-6H3;1H/t13-,14+,15?,18?;/m1./s1. The van der Waals surface area contributed by atoms with Gasteiger partial charge in [-0.1, -0.05) is 13.8 Å². The van der Waals surface area contributed by atoms with Crippen LogP contribution >= 0.6 is 12.4 Å². The van der Waals surface area contributed by atoms with Gasteiger partial charge in [0.2, 0.25) is 5.91 Å². The van der Waals surface area contributed by atoms with Crippen molar-refractivity contribution in [3.05, 3.63) is 18.0 Å². The van der Waals surface area contributed by atoms with Crippen molar-refractivity contribution in [2.75, 3.05) is 27.2 Å². The summed E-state index contributed by atoms with van der Waals surface area (Å²) in [5.41, 5.74) is 0.925. The molecule has 2 heterocycles. The van der Waals surface area contributed by atoms with Crippen LogP contribution in [0, 0.1) is 11.3 Å². The van der Waals surface area contributed by atoms with Crippen molar-refractivity contribution >= 4 is 18.3 Å². The number of carbonyl (C=O) groups is 1. The first-order valence-electron chi connectivity index (χ1n) is 8.72. The molecule has 0 bridgehead atoms. The van der Waals surface area contributed by atoms with E-state index in [9.17, 15) is 4.79 Å². The third-order valence-electron chi connectivity index (χ3n) is 6.73. The fourth-order valence-electron chi connectivity index (χ4n) is 4.41. The number of nitrogens with one attached hydrogen (secondary N) is 1. The average molecular weight is 371 g/mol. The van der Waals surface area contributed by atoms with Gasteiger partial charge in [-0.25, -0.2) is 0 Å².